The first kappa shape index (κ1) is 22.7. The molecule has 1 unspecified atom stereocenters. The summed E-state index contributed by atoms with van der Waals surface area (Å²) in [5.41, 5.74) is 3.93. The molecule has 1 atom stereocenters. The van der Waals surface area contributed by atoms with Gasteiger partial charge in [-0.25, -0.2) is 4.68 Å². The van der Waals surface area contributed by atoms with Gasteiger partial charge in [0, 0.05) is 31.3 Å². The lowest BCUT2D eigenvalue weighted by molar-refractivity contribution is -0.137. The quantitative estimate of drug-likeness (QED) is 0.738. The molecule has 158 valence electrons. The molecule has 0 fully saturated rings. The van der Waals surface area contributed by atoms with Crippen LogP contribution in [0.25, 0.3) is 5.69 Å². The molecule has 0 aliphatic rings. The fourth-order valence-corrected chi connectivity index (χ4v) is 3.39. The van der Waals surface area contributed by atoms with E-state index in [9.17, 15) is 9.59 Å². The first-order valence-corrected chi connectivity index (χ1v) is 10.3. The van der Waals surface area contributed by atoms with Crippen LogP contribution in [-0.2, 0) is 16.1 Å². The Balaban J connectivity index is 2.18. The van der Waals surface area contributed by atoms with Gasteiger partial charge in [0.25, 0.3) is 0 Å². The number of aryl methyl sites for hydroxylation is 1. The predicted octanol–water partition coefficient (Wildman–Crippen LogP) is 3.63. The van der Waals surface area contributed by atoms with E-state index >= 15 is 0 Å². The van der Waals surface area contributed by atoms with Crippen LogP contribution in [0.5, 0.6) is 0 Å². The molecule has 0 spiro atoms. The summed E-state index contributed by atoms with van der Waals surface area (Å²) < 4.78 is 1.91. The largest absolute Gasteiger partial charge is 0.344 e. The minimum absolute atomic E-state index is 0.00954. The minimum atomic E-state index is -0.531. The summed E-state index contributed by atoms with van der Waals surface area (Å²) in [7, 11) is 1.78. The molecule has 1 aromatic heterocycles. The maximum Gasteiger partial charge on any atom is 0.245 e. The number of likely N-dealkylation sites (N-methyl/N-ethyl adjacent to an activating group) is 1. The minimum Gasteiger partial charge on any atom is -0.344 e. The highest BCUT2D eigenvalue weighted by atomic mass is 16.2. The number of benzene rings is 1. The van der Waals surface area contributed by atoms with E-state index in [1.807, 2.05) is 76.6 Å². The Morgan fingerprint density at radius 3 is 2.28 bits per heavy atom. The number of amides is 2. The molecular weight excluding hydrogens is 364 g/mol. The number of carbonyl (C=O) groups excluding carboxylic acids is 2. The van der Waals surface area contributed by atoms with Crippen molar-refractivity contribution in [2.75, 3.05) is 7.05 Å². The number of aromatic nitrogens is 2. The number of carbonyl (C=O) groups is 2. The number of nitrogens with zero attached hydrogens (tertiary/aromatic N) is 3. The lowest BCUT2D eigenvalue weighted by atomic mass is 10.0. The van der Waals surface area contributed by atoms with Gasteiger partial charge >= 0.3 is 0 Å². The van der Waals surface area contributed by atoms with Crippen molar-refractivity contribution in [3.63, 3.8) is 0 Å². The lowest BCUT2D eigenvalue weighted by Gasteiger charge is -2.27. The van der Waals surface area contributed by atoms with E-state index in [1.165, 1.54) is 0 Å². The maximum absolute atomic E-state index is 13.1. The Morgan fingerprint density at radius 1 is 1.10 bits per heavy atom. The van der Waals surface area contributed by atoms with Gasteiger partial charge in [0.05, 0.1) is 11.4 Å². The normalized spacial score (nSPS) is 12.3. The molecule has 1 N–H and O–H groups in total. The number of para-hydroxylation sites is 1. The first-order valence-electron chi connectivity index (χ1n) is 10.3. The average Bonchev–Trinajstić information content (AvgIpc) is 2.93. The van der Waals surface area contributed by atoms with Crippen LogP contribution in [0.2, 0.25) is 0 Å². The van der Waals surface area contributed by atoms with E-state index in [0.29, 0.717) is 13.0 Å². The zero-order valence-electron chi connectivity index (χ0n) is 18.7. The van der Waals surface area contributed by atoms with Gasteiger partial charge in [0.2, 0.25) is 11.8 Å². The summed E-state index contributed by atoms with van der Waals surface area (Å²) in [5, 5.41) is 7.59. The van der Waals surface area contributed by atoms with E-state index in [4.69, 9.17) is 0 Å². The molecule has 0 saturated carbocycles. The van der Waals surface area contributed by atoms with Crippen molar-refractivity contribution in [3.8, 4) is 5.69 Å². The second-order valence-electron chi connectivity index (χ2n) is 8.48. The van der Waals surface area contributed by atoms with E-state index in [2.05, 4.69) is 10.4 Å². The second kappa shape index (κ2) is 9.72. The third-order valence-corrected chi connectivity index (χ3v) is 5.06. The highest BCUT2D eigenvalue weighted by Gasteiger charge is 2.28. The average molecular weight is 399 g/mol. The molecule has 6 heteroatoms. The monoisotopic (exact) mass is 398 g/mol. The van der Waals surface area contributed by atoms with Gasteiger partial charge < -0.3 is 10.2 Å². The summed E-state index contributed by atoms with van der Waals surface area (Å²) in [6, 6.07) is 9.43. The predicted molar refractivity (Wildman–Crippen MR) is 116 cm³/mol. The molecule has 0 aliphatic heterocycles. The molecule has 6 nitrogen and oxygen atoms in total. The summed E-state index contributed by atoms with van der Waals surface area (Å²) in [4.78, 5) is 27.0. The molecule has 29 heavy (non-hydrogen) atoms. The van der Waals surface area contributed by atoms with Crippen molar-refractivity contribution in [3.05, 3.63) is 47.3 Å². The topological polar surface area (TPSA) is 67.2 Å². The van der Waals surface area contributed by atoms with Gasteiger partial charge in [-0.2, -0.15) is 5.10 Å². The second-order valence-corrected chi connectivity index (χ2v) is 8.48. The fraction of sp³-hybridized carbons (Fsp3) is 0.522. The molecule has 0 saturated heterocycles. The third-order valence-electron chi connectivity index (χ3n) is 5.06. The summed E-state index contributed by atoms with van der Waals surface area (Å²) >= 11 is 0. The van der Waals surface area contributed by atoms with Crippen LogP contribution in [0.3, 0.4) is 0 Å². The SMILES string of the molecule is Cc1nn(-c2ccccc2)c(C)c1CN(C)C(=O)C(NC(=O)CC(C)C)C(C)C. The maximum atomic E-state index is 13.1. The molecule has 1 heterocycles. The number of hydrogen-bond donors (Lipinski definition) is 1. The van der Waals surface area contributed by atoms with Crippen LogP contribution in [0.15, 0.2) is 30.3 Å². The highest BCUT2D eigenvalue weighted by molar-refractivity contribution is 5.87. The van der Waals surface area contributed by atoms with Crippen LogP contribution in [0.4, 0.5) is 0 Å². The fourth-order valence-electron chi connectivity index (χ4n) is 3.39. The highest BCUT2D eigenvalue weighted by Crippen LogP contribution is 2.20. The third kappa shape index (κ3) is 5.68. The molecule has 1 aromatic carbocycles. The number of rotatable bonds is 8. The van der Waals surface area contributed by atoms with E-state index in [-0.39, 0.29) is 23.7 Å². The summed E-state index contributed by atoms with van der Waals surface area (Å²) in [6.07, 6.45) is 0.419. The van der Waals surface area contributed by atoms with Gasteiger partial charge in [0.15, 0.2) is 0 Å². The lowest BCUT2D eigenvalue weighted by Crippen LogP contribution is -2.50. The zero-order chi connectivity index (χ0) is 21.7. The molecule has 0 bridgehead atoms. The van der Waals surface area contributed by atoms with E-state index < -0.39 is 6.04 Å². The van der Waals surface area contributed by atoms with Crippen molar-refractivity contribution >= 4 is 11.8 Å². The Kier molecular flexibility index (Phi) is 7.59. The first-order chi connectivity index (χ1) is 13.6. The van der Waals surface area contributed by atoms with Gasteiger partial charge in [-0.1, -0.05) is 45.9 Å². The van der Waals surface area contributed by atoms with Crippen molar-refractivity contribution in [1.29, 1.82) is 0 Å². The number of hydrogen-bond acceptors (Lipinski definition) is 3. The standard InChI is InChI=1S/C23H34N4O2/c1-15(2)13-21(28)24-22(16(3)4)23(29)26(7)14-20-17(5)25-27(18(20)6)19-11-9-8-10-12-19/h8-12,15-16,22H,13-14H2,1-7H3,(H,24,28). The van der Waals surface area contributed by atoms with Crippen molar-refractivity contribution in [2.24, 2.45) is 11.8 Å². The van der Waals surface area contributed by atoms with Gasteiger partial charge in [-0.3, -0.25) is 9.59 Å². The Labute approximate surface area is 174 Å². The van der Waals surface area contributed by atoms with Gasteiger partial charge in [-0.05, 0) is 37.8 Å². The van der Waals surface area contributed by atoms with E-state index in [1.54, 1.807) is 11.9 Å². The molecule has 0 aliphatic carbocycles. The Bertz CT molecular complexity index is 840. The summed E-state index contributed by atoms with van der Waals surface area (Å²) in [5.74, 6) is 0.105. The van der Waals surface area contributed by atoms with E-state index in [0.717, 1.165) is 22.6 Å². The molecular formula is C23H34N4O2. The van der Waals surface area contributed by atoms with Crippen LogP contribution in [0.1, 0.15) is 51.1 Å². The Morgan fingerprint density at radius 2 is 1.72 bits per heavy atom. The molecule has 2 rings (SSSR count). The van der Waals surface area contributed by atoms with Crippen LogP contribution in [0, 0.1) is 25.7 Å². The van der Waals surface area contributed by atoms with Gasteiger partial charge in [-0.15, -0.1) is 0 Å². The molecule has 2 amide bonds. The number of nitrogens with one attached hydrogen (secondary N) is 1. The van der Waals surface area contributed by atoms with Gasteiger partial charge in [0.1, 0.15) is 6.04 Å². The smallest absolute Gasteiger partial charge is 0.245 e. The van der Waals surface area contributed by atoms with Crippen molar-refractivity contribution in [1.82, 2.24) is 20.0 Å². The molecule has 2 aromatic rings. The van der Waals surface area contributed by atoms with Crippen LogP contribution >= 0.6 is 0 Å². The summed E-state index contributed by atoms with van der Waals surface area (Å²) in [6.45, 7) is 12.3. The van der Waals surface area contributed by atoms with Crippen LogP contribution < -0.4 is 5.32 Å². The van der Waals surface area contributed by atoms with Crippen molar-refractivity contribution < 1.29 is 9.59 Å². The Hall–Kier alpha value is -2.63. The molecule has 0 radical (unpaired) electrons. The van der Waals surface area contributed by atoms with Crippen molar-refractivity contribution in [2.45, 2.75) is 60.5 Å². The zero-order valence-corrected chi connectivity index (χ0v) is 18.7. The van der Waals surface area contributed by atoms with Crippen LogP contribution in [-0.4, -0.2) is 39.6 Å².